The molecular formula is C14H21FN2O. The van der Waals surface area contributed by atoms with E-state index in [1.807, 2.05) is 0 Å². The van der Waals surface area contributed by atoms with E-state index in [0.717, 1.165) is 12.8 Å². The summed E-state index contributed by atoms with van der Waals surface area (Å²) in [7, 11) is 0. The van der Waals surface area contributed by atoms with Crippen molar-refractivity contribution in [3.8, 4) is 0 Å². The molecule has 0 saturated heterocycles. The molecule has 3 nitrogen and oxygen atoms in total. The second-order valence-electron chi connectivity index (χ2n) is 4.26. The number of carbonyl (C=O) groups is 1. The highest BCUT2D eigenvalue weighted by Crippen LogP contribution is 2.13. The van der Waals surface area contributed by atoms with Crippen LogP contribution in [0.15, 0.2) is 24.3 Å². The normalized spacial score (nSPS) is 10.7. The molecule has 0 unspecified atom stereocenters. The van der Waals surface area contributed by atoms with E-state index in [4.69, 9.17) is 5.73 Å². The summed E-state index contributed by atoms with van der Waals surface area (Å²) in [6, 6.07) is 5.83. The molecule has 0 spiro atoms. The van der Waals surface area contributed by atoms with Crippen LogP contribution >= 0.6 is 0 Å². The van der Waals surface area contributed by atoms with Crippen molar-refractivity contribution in [2.75, 3.05) is 13.1 Å². The number of nitrogens with zero attached hydrogens (tertiary/aromatic N) is 1. The molecule has 0 aromatic heterocycles. The van der Waals surface area contributed by atoms with E-state index < -0.39 is 0 Å². The third kappa shape index (κ3) is 3.53. The van der Waals surface area contributed by atoms with Gasteiger partial charge >= 0.3 is 0 Å². The zero-order valence-corrected chi connectivity index (χ0v) is 11.0. The number of rotatable bonds is 6. The SMILES string of the molecule is CCC(CC)N(CCN)C(=O)c1ccc(F)cc1. The summed E-state index contributed by atoms with van der Waals surface area (Å²) in [5.41, 5.74) is 6.07. The van der Waals surface area contributed by atoms with Crippen LogP contribution in [0.2, 0.25) is 0 Å². The lowest BCUT2D eigenvalue weighted by molar-refractivity contribution is 0.0674. The smallest absolute Gasteiger partial charge is 0.254 e. The molecule has 0 aliphatic rings. The first kappa shape index (κ1) is 14.6. The molecule has 1 amide bonds. The van der Waals surface area contributed by atoms with Crippen molar-refractivity contribution in [2.45, 2.75) is 32.7 Å². The van der Waals surface area contributed by atoms with Gasteiger partial charge in [-0.3, -0.25) is 4.79 Å². The van der Waals surface area contributed by atoms with E-state index in [0.29, 0.717) is 18.7 Å². The Bertz CT molecular complexity index is 374. The molecule has 0 heterocycles. The molecule has 0 atom stereocenters. The summed E-state index contributed by atoms with van der Waals surface area (Å²) in [5.74, 6) is -0.409. The Hall–Kier alpha value is -1.42. The van der Waals surface area contributed by atoms with Crippen molar-refractivity contribution in [3.63, 3.8) is 0 Å². The largest absolute Gasteiger partial charge is 0.334 e. The van der Waals surface area contributed by atoms with Crippen LogP contribution in [-0.4, -0.2) is 29.9 Å². The second kappa shape index (κ2) is 7.11. The molecule has 0 aliphatic carbocycles. The number of hydrogen-bond donors (Lipinski definition) is 1. The van der Waals surface area contributed by atoms with Gasteiger partial charge in [-0.15, -0.1) is 0 Å². The molecule has 100 valence electrons. The first-order valence-electron chi connectivity index (χ1n) is 6.40. The van der Waals surface area contributed by atoms with E-state index in [1.54, 1.807) is 4.90 Å². The third-order valence-corrected chi connectivity index (χ3v) is 3.11. The van der Waals surface area contributed by atoms with Crippen LogP contribution in [-0.2, 0) is 0 Å². The number of carbonyl (C=O) groups excluding carboxylic acids is 1. The van der Waals surface area contributed by atoms with Crippen LogP contribution in [0.3, 0.4) is 0 Å². The topological polar surface area (TPSA) is 46.3 Å². The molecule has 1 aromatic carbocycles. The maximum absolute atomic E-state index is 12.8. The molecule has 1 rings (SSSR count). The van der Waals surface area contributed by atoms with Crippen LogP contribution in [0.5, 0.6) is 0 Å². The fourth-order valence-electron chi connectivity index (χ4n) is 2.08. The first-order valence-corrected chi connectivity index (χ1v) is 6.40. The van der Waals surface area contributed by atoms with Gasteiger partial charge in [-0.1, -0.05) is 13.8 Å². The summed E-state index contributed by atoms with van der Waals surface area (Å²) in [5, 5.41) is 0. The molecule has 0 radical (unpaired) electrons. The predicted molar refractivity (Wildman–Crippen MR) is 70.9 cm³/mol. The van der Waals surface area contributed by atoms with E-state index in [1.165, 1.54) is 24.3 Å². The monoisotopic (exact) mass is 252 g/mol. The minimum absolute atomic E-state index is 0.0749. The molecule has 2 N–H and O–H groups in total. The minimum atomic E-state index is -0.334. The average Bonchev–Trinajstić information content (AvgIpc) is 2.39. The highest BCUT2D eigenvalue weighted by molar-refractivity contribution is 5.94. The molecule has 4 heteroatoms. The Morgan fingerprint density at radius 3 is 2.28 bits per heavy atom. The molecule has 1 aromatic rings. The lowest BCUT2D eigenvalue weighted by atomic mass is 10.1. The lowest BCUT2D eigenvalue weighted by Gasteiger charge is -2.30. The minimum Gasteiger partial charge on any atom is -0.334 e. The van der Waals surface area contributed by atoms with Gasteiger partial charge in [-0.25, -0.2) is 4.39 Å². The van der Waals surface area contributed by atoms with Crippen molar-refractivity contribution in [1.29, 1.82) is 0 Å². The van der Waals surface area contributed by atoms with Crippen LogP contribution in [0, 0.1) is 5.82 Å². The second-order valence-corrected chi connectivity index (χ2v) is 4.26. The first-order chi connectivity index (χ1) is 8.63. The summed E-state index contributed by atoms with van der Waals surface area (Å²) in [6.07, 6.45) is 1.78. The van der Waals surface area contributed by atoms with Gasteiger partial charge in [0.2, 0.25) is 0 Å². The standard InChI is InChI=1S/C14H21FN2O/c1-3-13(4-2)17(10-9-16)14(18)11-5-7-12(15)8-6-11/h5-8,13H,3-4,9-10,16H2,1-2H3. The lowest BCUT2D eigenvalue weighted by Crippen LogP contribution is -2.42. The maximum Gasteiger partial charge on any atom is 0.254 e. The fraction of sp³-hybridized carbons (Fsp3) is 0.500. The Morgan fingerprint density at radius 2 is 1.83 bits per heavy atom. The van der Waals surface area contributed by atoms with Gasteiger partial charge in [0.25, 0.3) is 5.91 Å². The van der Waals surface area contributed by atoms with Gasteiger partial charge in [-0.2, -0.15) is 0 Å². The van der Waals surface area contributed by atoms with Crippen molar-refractivity contribution in [1.82, 2.24) is 4.90 Å². The highest BCUT2D eigenvalue weighted by atomic mass is 19.1. The summed E-state index contributed by atoms with van der Waals surface area (Å²) in [4.78, 5) is 14.1. The molecule has 0 saturated carbocycles. The van der Waals surface area contributed by atoms with Gasteiger partial charge in [0, 0.05) is 24.7 Å². The van der Waals surface area contributed by atoms with Crippen molar-refractivity contribution >= 4 is 5.91 Å². The van der Waals surface area contributed by atoms with E-state index >= 15 is 0 Å². The summed E-state index contributed by atoms with van der Waals surface area (Å²) in [6.45, 7) is 5.07. The quantitative estimate of drug-likeness (QED) is 0.845. The van der Waals surface area contributed by atoms with E-state index in [-0.39, 0.29) is 17.8 Å². The molecule has 0 aliphatic heterocycles. The van der Waals surface area contributed by atoms with Gasteiger partial charge in [0.05, 0.1) is 0 Å². The molecule has 0 fully saturated rings. The zero-order chi connectivity index (χ0) is 13.5. The van der Waals surface area contributed by atoms with E-state index in [2.05, 4.69) is 13.8 Å². The van der Waals surface area contributed by atoms with Crippen LogP contribution in [0.25, 0.3) is 0 Å². The van der Waals surface area contributed by atoms with Crippen molar-refractivity contribution in [2.24, 2.45) is 5.73 Å². The van der Waals surface area contributed by atoms with Crippen LogP contribution in [0.4, 0.5) is 4.39 Å². The Morgan fingerprint density at radius 1 is 1.28 bits per heavy atom. The van der Waals surface area contributed by atoms with Gasteiger partial charge in [0.15, 0.2) is 0 Å². The van der Waals surface area contributed by atoms with Gasteiger partial charge in [0.1, 0.15) is 5.82 Å². The predicted octanol–water partition coefficient (Wildman–Crippen LogP) is 2.42. The molecule has 0 bridgehead atoms. The number of hydrogen-bond acceptors (Lipinski definition) is 2. The number of amides is 1. The van der Waals surface area contributed by atoms with E-state index in [9.17, 15) is 9.18 Å². The highest BCUT2D eigenvalue weighted by Gasteiger charge is 2.21. The Kier molecular flexibility index (Phi) is 5.78. The van der Waals surface area contributed by atoms with Crippen LogP contribution < -0.4 is 5.73 Å². The van der Waals surface area contributed by atoms with Gasteiger partial charge < -0.3 is 10.6 Å². The Balaban J connectivity index is 2.91. The summed E-state index contributed by atoms with van der Waals surface area (Å²) < 4.78 is 12.8. The number of benzene rings is 1. The average molecular weight is 252 g/mol. The van der Waals surface area contributed by atoms with Crippen LogP contribution in [0.1, 0.15) is 37.0 Å². The third-order valence-electron chi connectivity index (χ3n) is 3.11. The number of nitrogens with two attached hydrogens (primary N) is 1. The maximum atomic E-state index is 12.8. The molecule has 18 heavy (non-hydrogen) atoms. The number of halogens is 1. The van der Waals surface area contributed by atoms with Gasteiger partial charge in [-0.05, 0) is 37.1 Å². The summed E-state index contributed by atoms with van der Waals surface area (Å²) >= 11 is 0. The zero-order valence-electron chi connectivity index (χ0n) is 11.0. The molecular weight excluding hydrogens is 231 g/mol. The van der Waals surface area contributed by atoms with Crippen molar-refractivity contribution < 1.29 is 9.18 Å². The fourth-order valence-corrected chi connectivity index (χ4v) is 2.08. The Labute approximate surface area is 108 Å². The van der Waals surface area contributed by atoms with Crippen molar-refractivity contribution in [3.05, 3.63) is 35.6 Å².